The number of hydrogen-bond donors (Lipinski definition) is 1. The van der Waals surface area contributed by atoms with Gasteiger partial charge in [-0.1, -0.05) is 11.2 Å². The Bertz CT molecular complexity index is 837. The Kier molecular flexibility index (Phi) is 5.13. The third-order valence-electron chi connectivity index (χ3n) is 3.16. The number of carbonyl (C=O) groups is 1. The van der Waals surface area contributed by atoms with E-state index in [4.69, 9.17) is 14.0 Å². The lowest BCUT2D eigenvalue weighted by Gasteiger charge is -2.11. The summed E-state index contributed by atoms with van der Waals surface area (Å²) in [6, 6.07) is 5.18. The minimum atomic E-state index is -4.07. The molecule has 0 saturated heterocycles. The van der Waals surface area contributed by atoms with Gasteiger partial charge in [-0.15, -0.1) is 0 Å². The summed E-state index contributed by atoms with van der Waals surface area (Å²) in [5.41, 5.74) is 1.14. The van der Waals surface area contributed by atoms with E-state index in [-0.39, 0.29) is 16.3 Å². The maximum absolute atomic E-state index is 12.2. The SMILES string of the molecule is COc1cc(C)ccc1OCC(=O)NS(=O)(=O)c1c(C)noc1C. The van der Waals surface area contributed by atoms with Gasteiger partial charge in [0.1, 0.15) is 5.69 Å². The van der Waals surface area contributed by atoms with Crippen molar-refractivity contribution in [1.29, 1.82) is 0 Å². The van der Waals surface area contributed by atoms with Crippen LogP contribution in [0.4, 0.5) is 0 Å². The summed E-state index contributed by atoms with van der Waals surface area (Å²) in [7, 11) is -2.60. The second kappa shape index (κ2) is 6.91. The van der Waals surface area contributed by atoms with Crippen molar-refractivity contribution in [3.8, 4) is 11.5 Å². The third kappa shape index (κ3) is 3.85. The van der Waals surface area contributed by atoms with Crippen LogP contribution in [0, 0.1) is 20.8 Å². The molecule has 0 aliphatic rings. The van der Waals surface area contributed by atoms with Crippen LogP contribution in [-0.2, 0) is 14.8 Å². The molecule has 0 radical (unpaired) electrons. The number of hydrogen-bond acceptors (Lipinski definition) is 7. The number of nitrogens with zero attached hydrogens (tertiary/aromatic N) is 1. The number of sulfonamides is 1. The van der Waals surface area contributed by atoms with Gasteiger partial charge in [0, 0.05) is 0 Å². The predicted octanol–water partition coefficient (Wildman–Crippen LogP) is 1.49. The second-order valence-electron chi connectivity index (χ2n) is 5.12. The Morgan fingerprint density at radius 2 is 1.96 bits per heavy atom. The molecule has 1 aromatic carbocycles. The van der Waals surface area contributed by atoms with Crippen LogP contribution in [0.3, 0.4) is 0 Å². The molecule has 2 aromatic rings. The van der Waals surface area contributed by atoms with Crippen LogP contribution in [0.2, 0.25) is 0 Å². The van der Waals surface area contributed by atoms with Gasteiger partial charge in [-0.2, -0.15) is 0 Å². The van der Waals surface area contributed by atoms with Crippen molar-refractivity contribution >= 4 is 15.9 Å². The van der Waals surface area contributed by atoms with Crippen LogP contribution in [0.15, 0.2) is 27.6 Å². The van der Waals surface area contributed by atoms with E-state index in [1.165, 1.54) is 21.0 Å². The topological polar surface area (TPSA) is 108 Å². The molecule has 0 aliphatic carbocycles. The first-order chi connectivity index (χ1) is 11.2. The first kappa shape index (κ1) is 17.8. The average Bonchev–Trinajstić information content (AvgIpc) is 2.85. The van der Waals surface area contributed by atoms with E-state index in [1.54, 1.807) is 18.2 Å². The fourth-order valence-electron chi connectivity index (χ4n) is 2.13. The van der Waals surface area contributed by atoms with Crippen molar-refractivity contribution in [3.63, 3.8) is 0 Å². The van der Waals surface area contributed by atoms with Gasteiger partial charge in [-0.25, -0.2) is 13.1 Å². The van der Waals surface area contributed by atoms with Crippen LogP contribution in [0.25, 0.3) is 0 Å². The highest BCUT2D eigenvalue weighted by molar-refractivity contribution is 7.90. The summed E-state index contributed by atoms with van der Waals surface area (Å²) >= 11 is 0. The number of carbonyl (C=O) groups excluding carboxylic acids is 1. The number of rotatable bonds is 6. The fraction of sp³-hybridized carbons (Fsp3) is 0.333. The molecule has 24 heavy (non-hydrogen) atoms. The van der Waals surface area contributed by atoms with Crippen molar-refractivity contribution in [2.24, 2.45) is 0 Å². The summed E-state index contributed by atoms with van der Waals surface area (Å²) in [5, 5.41) is 3.56. The van der Waals surface area contributed by atoms with Crippen molar-refractivity contribution in [1.82, 2.24) is 9.88 Å². The van der Waals surface area contributed by atoms with Crippen LogP contribution in [0.5, 0.6) is 11.5 Å². The highest BCUT2D eigenvalue weighted by atomic mass is 32.2. The van der Waals surface area contributed by atoms with Gasteiger partial charge in [-0.3, -0.25) is 4.79 Å². The molecule has 1 amide bonds. The van der Waals surface area contributed by atoms with Crippen LogP contribution in [-0.4, -0.2) is 33.2 Å². The van der Waals surface area contributed by atoms with Gasteiger partial charge in [-0.05, 0) is 38.5 Å². The number of amides is 1. The molecule has 0 saturated carbocycles. The lowest BCUT2D eigenvalue weighted by Crippen LogP contribution is -2.34. The van der Waals surface area contributed by atoms with Gasteiger partial charge in [0.05, 0.1) is 7.11 Å². The number of nitrogens with one attached hydrogen (secondary N) is 1. The van der Waals surface area contributed by atoms with E-state index in [0.29, 0.717) is 11.5 Å². The molecule has 0 spiro atoms. The highest BCUT2D eigenvalue weighted by Crippen LogP contribution is 2.27. The minimum Gasteiger partial charge on any atom is -0.493 e. The summed E-state index contributed by atoms with van der Waals surface area (Å²) < 4.78 is 41.6. The Morgan fingerprint density at radius 3 is 2.54 bits per heavy atom. The maximum atomic E-state index is 12.2. The Balaban J connectivity index is 2.06. The van der Waals surface area contributed by atoms with Crippen molar-refractivity contribution < 1.29 is 27.2 Å². The summed E-state index contributed by atoms with van der Waals surface area (Å²) in [6.45, 7) is 4.33. The predicted molar refractivity (Wildman–Crippen MR) is 84.5 cm³/mol. The first-order valence-corrected chi connectivity index (χ1v) is 8.49. The molecule has 1 aromatic heterocycles. The standard InChI is InChI=1S/C15H18N2O6S/c1-9-5-6-12(13(7-9)21-4)22-8-14(18)17-24(19,20)15-10(2)16-23-11(15)3/h5-7H,8H2,1-4H3,(H,17,18). The van der Waals surface area contributed by atoms with Crippen molar-refractivity contribution in [2.45, 2.75) is 25.7 Å². The van der Waals surface area contributed by atoms with Crippen molar-refractivity contribution in [3.05, 3.63) is 35.2 Å². The fourth-order valence-corrected chi connectivity index (χ4v) is 3.43. The number of methoxy groups -OCH3 is 1. The zero-order valence-corrected chi connectivity index (χ0v) is 14.6. The van der Waals surface area contributed by atoms with E-state index in [2.05, 4.69) is 5.16 Å². The van der Waals surface area contributed by atoms with Gasteiger partial charge in [0.25, 0.3) is 15.9 Å². The molecule has 0 unspecified atom stereocenters. The largest absolute Gasteiger partial charge is 0.493 e. The van der Waals surface area contributed by atoms with E-state index < -0.39 is 22.5 Å². The van der Waals surface area contributed by atoms with Crippen LogP contribution < -0.4 is 14.2 Å². The lowest BCUT2D eigenvalue weighted by molar-refractivity contribution is -0.121. The summed E-state index contributed by atoms with van der Waals surface area (Å²) in [4.78, 5) is 11.8. The number of aryl methyl sites for hydroxylation is 3. The normalized spacial score (nSPS) is 11.2. The maximum Gasteiger partial charge on any atom is 0.271 e. The molecular weight excluding hydrogens is 336 g/mol. The quantitative estimate of drug-likeness (QED) is 0.837. The van der Waals surface area contributed by atoms with Gasteiger partial charge in [0.2, 0.25) is 0 Å². The Labute approximate surface area is 139 Å². The lowest BCUT2D eigenvalue weighted by atomic mass is 10.2. The molecule has 0 aliphatic heterocycles. The van der Waals surface area contributed by atoms with Crippen LogP contribution in [0.1, 0.15) is 17.0 Å². The summed E-state index contributed by atoms with van der Waals surface area (Å²) in [6.07, 6.45) is 0. The molecule has 0 bridgehead atoms. The van der Waals surface area contributed by atoms with Gasteiger partial charge >= 0.3 is 0 Å². The molecule has 0 atom stereocenters. The van der Waals surface area contributed by atoms with Crippen molar-refractivity contribution in [2.75, 3.05) is 13.7 Å². The highest BCUT2D eigenvalue weighted by Gasteiger charge is 2.26. The van der Waals surface area contributed by atoms with Gasteiger partial charge < -0.3 is 14.0 Å². The second-order valence-corrected chi connectivity index (χ2v) is 6.74. The molecule has 0 fully saturated rings. The van der Waals surface area contributed by atoms with Gasteiger partial charge in [0.15, 0.2) is 28.8 Å². The van der Waals surface area contributed by atoms with E-state index in [9.17, 15) is 13.2 Å². The third-order valence-corrected chi connectivity index (χ3v) is 4.78. The summed E-state index contributed by atoms with van der Waals surface area (Å²) in [5.74, 6) is 0.0796. The number of benzene rings is 1. The molecule has 2 rings (SSSR count). The number of ether oxygens (including phenoxy) is 2. The molecule has 1 N–H and O–H groups in total. The molecule has 8 nitrogen and oxygen atoms in total. The zero-order chi connectivity index (χ0) is 17.9. The van der Waals surface area contributed by atoms with E-state index in [0.717, 1.165) is 5.56 Å². The average molecular weight is 354 g/mol. The Morgan fingerprint density at radius 1 is 1.25 bits per heavy atom. The monoisotopic (exact) mass is 354 g/mol. The first-order valence-electron chi connectivity index (χ1n) is 7.00. The zero-order valence-electron chi connectivity index (χ0n) is 13.7. The van der Waals surface area contributed by atoms with Crippen LogP contribution >= 0.6 is 0 Å². The van der Waals surface area contributed by atoms with E-state index in [1.807, 2.05) is 11.6 Å². The molecule has 130 valence electrons. The molecule has 1 heterocycles. The minimum absolute atomic E-state index is 0.105. The Hall–Kier alpha value is -2.55. The molecular formula is C15H18N2O6S. The molecule has 9 heteroatoms. The van der Waals surface area contributed by atoms with E-state index >= 15 is 0 Å². The smallest absolute Gasteiger partial charge is 0.271 e. The number of aromatic nitrogens is 1.